The minimum atomic E-state index is -0.663. The van der Waals surface area contributed by atoms with Crippen LogP contribution in [-0.2, 0) is 4.79 Å². The van der Waals surface area contributed by atoms with Crippen LogP contribution in [0, 0.1) is 5.92 Å². The number of nitrogens with zero attached hydrogens (tertiary/aromatic N) is 1. The Hall–Kier alpha value is -1.09. The number of hydrogen-bond acceptors (Lipinski definition) is 2. The van der Waals surface area contributed by atoms with Crippen LogP contribution >= 0.6 is 12.4 Å². The molecule has 0 aliphatic heterocycles. The molecule has 0 spiro atoms. The molecular weight excluding hydrogens is 214 g/mol. The van der Waals surface area contributed by atoms with Crippen molar-refractivity contribution in [3.8, 4) is 0 Å². The second-order valence-corrected chi connectivity index (χ2v) is 3.76. The second kappa shape index (κ2) is 5.12. The first kappa shape index (κ1) is 12.0. The van der Waals surface area contributed by atoms with Gasteiger partial charge in [0.15, 0.2) is 0 Å². The van der Waals surface area contributed by atoms with Crippen molar-refractivity contribution in [2.75, 3.05) is 0 Å². The highest BCUT2D eigenvalue weighted by atomic mass is 35.5. The van der Waals surface area contributed by atoms with Gasteiger partial charge in [-0.3, -0.25) is 9.78 Å². The van der Waals surface area contributed by atoms with Gasteiger partial charge in [-0.25, -0.2) is 0 Å². The van der Waals surface area contributed by atoms with Gasteiger partial charge in [-0.05, 0) is 36.5 Å². The Kier molecular flexibility index (Phi) is 4.09. The first-order valence-electron chi connectivity index (χ1n) is 4.92. The average Bonchev–Trinajstić information content (AvgIpc) is 2.67. The van der Waals surface area contributed by atoms with E-state index in [1.807, 2.05) is 12.1 Å². The molecule has 1 aromatic rings. The SMILES string of the molecule is Cl.O=C(O)C1CCCC1c1ccncc1. The van der Waals surface area contributed by atoms with Crippen molar-refractivity contribution in [1.82, 2.24) is 4.98 Å². The number of carbonyl (C=O) groups is 1. The molecule has 2 unspecified atom stereocenters. The Bertz CT molecular complexity index is 329. The fraction of sp³-hybridized carbons (Fsp3) is 0.455. The Morgan fingerprint density at radius 1 is 1.33 bits per heavy atom. The zero-order valence-corrected chi connectivity index (χ0v) is 9.11. The maximum absolute atomic E-state index is 11.0. The summed E-state index contributed by atoms with van der Waals surface area (Å²) in [5.74, 6) is -0.669. The van der Waals surface area contributed by atoms with Crippen molar-refractivity contribution < 1.29 is 9.90 Å². The molecule has 0 aromatic carbocycles. The number of halogens is 1. The number of hydrogen-bond donors (Lipinski definition) is 1. The molecule has 3 nitrogen and oxygen atoms in total. The summed E-state index contributed by atoms with van der Waals surface area (Å²) in [7, 11) is 0. The molecule has 0 amide bonds. The number of carboxylic acid groups (broad SMARTS) is 1. The molecule has 1 N–H and O–H groups in total. The normalized spacial score (nSPS) is 24.5. The van der Waals surface area contributed by atoms with Crippen molar-refractivity contribution in [2.24, 2.45) is 5.92 Å². The van der Waals surface area contributed by atoms with Gasteiger partial charge in [-0.1, -0.05) is 6.42 Å². The van der Waals surface area contributed by atoms with Crippen molar-refractivity contribution >= 4 is 18.4 Å². The highest BCUT2D eigenvalue weighted by molar-refractivity contribution is 5.85. The van der Waals surface area contributed by atoms with Gasteiger partial charge < -0.3 is 5.11 Å². The van der Waals surface area contributed by atoms with Gasteiger partial charge in [0.25, 0.3) is 0 Å². The number of pyridine rings is 1. The van der Waals surface area contributed by atoms with E-state index >= 15 is 0 Å². The van der Waals surface area contributed by atoms with E-state index in [2.05, 4.69) is 4.98 Å². The van der Waals surface area contributed by atoms with Crippen LogP contribution in [0.5, 0.6) is 0 Å². The summed E-state index contributed by atoms with van der Waals surface area (Å²) in [6, 6.07) is 3.85. The third-order valence-electron chi connectivity index (χ3n) is 2.97. The lowest BCUT2D eigenvalue weighted by Gasteiger charge is -2.15. The summed E-state index contributed by atoms with van der Waals surface area (Å²) in [5.41, 5.74) is 1.12. The predicted molar refractivity (Wildman–Crippen MR) is 59.2 cm³/mol. The average molecular weight is 228 g/mol. The maximum Gasteiger partial charge on any atom is 0.307 e. The van der Waals surface area contributed by atoms with Gasteiger partial charge in [0.1, 0.15) is 0 Å². The summed E-state index contributed by atoms with van der Waals surface area (Å²) in [5, 5.41) is 9.03. The number of rotatable bonds is 2. The van der Waals surface area contributed by atoms with Gasteiger partial charge in [-0.2, -0.15) is 0 Å². The van der Waals surface area contributed by atoms with E-state index in [0.29, 0.717) is 0 Å². The molecule has 1 aliphatic rings. The summed E-state index contributed by atoms with van der Waals surface area (Å²) in [6.45, 7) is 0. The molecule has 1 fully saturated rings. The monoisotopic (exact) mass is 227 g/mol. The standard InChI is InChI=1S/C11H13NO2.ClH/c13-11(14)10-3-1-2-9(10)8-4-6-12-7-5-8;/h4-7,9-10H,1-3H2,(H,13,14);1H. The Labute approximate surface area is 94.9 Å². The minimum Gasteiger partial charge on any atom is -0.481 e. The molecule has 1 aromatic heterocycles. The third kappa shape index (κ3) is 2.48. The molecule has 1 heterocycles. The minimum absolute atomic E-state index is 0. The highest BCUT2D eigenvalue weighted by Crippen LogP contribution is 2.39. The molecule has 82 valence electrons. The van der Waals surface area contributed by atoms with Gasteiger partial charge in [0.05, 0.1) is 5.92 Å². The smallest absolute Gasteiger partial charge is 0.307 e. The van der Waals surface area contributed by atoms with Crippen molar-refractivity contribution in [3.63, 3.8) is 0 Å². The van der Waals surface area contributed by atoms with Gasteiger partial charge in [-0.15, -0.1) is 12.4 Å². The molecule has 0 radical (unpaired) electrons. The third-order valence-corrected chi connectivity index (χ3v) is 2.97. The van der Waals surface area contributed by atoms with E-state index in [1.165, 1.54) is 0 Å². The zero-order chi connectivity index (χ0) is 9.97. The van der Waals surface area contributed by atoms with Crippen molar-refractivity contribution in [3.05, 3.63) is 30.1 Å². The second-order valence-electron chi connectivity index (χ2n) is 3.76. The summed E-state index contributed by atoms with van der Waals surface area (Å²) < 4.78 is 0. The van der Waals surface area contributed by atoms with Crippen molar-refractivity contribution in [2.45, 2.75) is 25.2 Å². The van der Waals surface area contributed by atoms with Crippen LogP contribution in [0.2, 0.25) is 0 Å². The first-order valence-corrected chi connectivity index (χ1v) is 4.92. The van der Waals surface area contributed by atoms with Crippen LogP contribution in [-0.4, -0.2) is 16.1 Å². The molecule has 1 saturated carbocycles. The van der Waals surface area contributed by atoms with Crippen molar-refractivity contribution in [1.29, 1.82) is 0 Å². The lowest BCUT2D eigenvalue weighted by atomic mass is 9.90. The molecule has 2 atom stereocenters. The molecule has 1 aliphatic carbocycles. The summed E-state index contributed by atoms with van der Waals surface area (Å²) >= 11 is 0. The Morgan fingerprint density at radius 3 is 2.60 bits per heavy atom. The molecule has 15 heavy (non-hydrogen) atoms. The number of aromatic nitrogens is 1. The predicted octanol–water partition coefficient (Wildman–Crippen LogP) is 2.47. The molecular formula is C11H14ClNO2. The molecule has 4 heteroatoms. The molecule has 0 bridgehead atoms. The van der Waals surface area contributed by atoms with Crippen LogP contribution < -0.4 is 0 Å². The van der Waals surface area contributed by atoms with Crippen LogP contribution in [0.15, 0.2) is 24.5 Å². The topological polar surface area (TPSA) is 50.2 Å². The molecule has 0 saturated heterocycles. The number of aliphatic carboxylic acids is 1. The molecule has 2 rings (SSSR count). The fourth-order valence-electron chi connectivity index (χ4n) is 2.27. The van der Waals surface area contributed by atoms with Gasteiger partial charge in [0, 0.05) is 12.4 Å². The van der Waals surface area contributed by atoms with Crippen LogP contribution in [0.4, 0.5) is 0 Å². The summed E-state index contributed by atoms with van der Waals surface area (Å²) in [4.78, 5) is 14.9. The van der Waals surface area contributed by atoms with Crippen LogP contribution in [0.25, 0.3) is 0 Å². The van der Waals surface area contributed by atoms with Gasteiger partial charge >= 0.3 is 5.97 Å². The van der Waals surface area contributed by atoms with E-state index in [9.17, 15) is 4.79 Å². The largest absolute Gasteiger partial charge is 0.481 e. The lowest BCUT2D eigenvalue weighted by molar-refractivity contribution is -0.142. The number of carboxylic acids is 1. The van der Waals surface area contributed by atoms with E-state index in [4.69, 9.17) is 5.11 Å². The Balaban J connectivity index is 0.00000112. The van der Waals surface area contributed by atoms with E-state index < -0.39 is 5.97 Å². The van der Waals surface area contributed by atoms with Crippen LogP contribution in [0.3, 0.4) is 0 Å². The Morgan fingerprint density at radius 2 is 2.00 bits per heavy atom. The van der Waals surface area contributed by atoms with E-state index in [1.54, 1.807) is 12.4 Å². The fourth-order valence-corrected chi connectivity index (χ4v) is 2.27. The highest BCUT2D eigenvalue weighted by Gasteiger charge is 2.33. The summed E-state index contributed by atoms with van der Waals surface area (Å²) in [6.07, 6.45) is 6.27. The first-order chi connectivity index (χ1) is 6.79. The van der Waals surface area contributed by atoms with Crippen LogP contribution in [0.1, 0.15) is 30.7 Å². The quantitative estimate of drug-likeness (QED) is 0.845. The zero-order valence-electron chi connectivity index (χ0n) is 8.30. The maximum atomic E-state index is 11.0. The van der Waals surface area contributed by atoms with E-state index in [0.717, 1.165) is 24.8 Å². The van der Waals surface area contributed by atoms with Gasteiger partial charge in [0.2, 0.25) is 0 Å². The van der Waals surface area contributed by atoms with E-state index in [-0.39, 0.29) is 24.2 Å². The lowest BCUT2D eigenvalue weighted by Crippen LogP contribution is -2.16.